The van der Waals surface area contributed by atoms with E-state index in [-0.39, 0.29) is 5.75 Å². The van der Waals surface area contributed by atoms with Crippen molar-refractivity contribution in [3.8, 4) is 5.75 Å². The fourth-order valence-corrected chi connectivity index (χ4v) is 2.28. The van der Waals surface area contributed by atoms with E-state index < -0.39 is 0 Å². The first kappa shape index (κ1) is 14.3. The van der Waals surface area contributed by atoms with Crippen LogP contribution < -0.4 is 5.43 Å². The van der Waals surface area contributed by atoms with Gasteiger partial charge in [0.1, 0.15) is 5.75 Å². The van der Waals surface area contributed by atoms with Crippen LogP contribution in [0.1, 0.15) is 12.5 Å². The Hall–Kier alpha value is -2.66. The van der Waals surface area contributed by atoms with Crippen LogP contribution in [0.4, 0.5) is 5.82 Å². The molecule has 6 heteroatoms. The first-order valence-electron chi connectivity index (χ1n) is 6.65. The second-order valence-corrected chi connectivity index (χ2v) is 5.19. The molecule has 3 rings (SSSR count). The molecule has 110 valence electrons. The number of hydrogen-bond acceptors (Lipinski definition) is 5. The second-order valence-electron chi connectivity index (χ2n) is 4.75. The van der Waals surface area contributed by atoms with E-state index in [9.17, 15) is 5.11 Å². The summed E-state index contributed by atoms with van der Waals surface area (Å²) < 4.78 is 0. The summed E-state index contributed by atoms with van der Waals surface area (Å²) in [5.41, 5.74) is 4.05. The van der Waals surface area contributed by atoms with Gasteiger partial charge in [0.15, 0.2) is 5.82 Å². The number of nitrogens with one attached hydrogen (secondary N) is 1. The number of fused-ring (bicyclic) bond motifs is 1. The lowest BCUT2D eigenvalue weighted by atomic mass is 10.1. The quantitative estimate of drug-likeness (QED) is 0.569. The fraction of sp³-hybridized carbons (Fsp3) is 0.0625. The van der Waals surface area contributed by atoms with Gasteiger partial charge in [0, 0.05) is 21.4 Å². The number of aromatic nitrogens is 2. The monoisotopic (exact) mass is 312 g/mol. The number of phenols is 1. The summed E-state index contributed by atoms with van der Waals surface area (Å²) in [6, 6.07) is 12.6. The molecule has 0 aliphatic heterocycles. The second kappa shape index (κ2) is 5.99. The molecule has 0 saturated heterocycles. The van der Waals surface area contributed by atoms with Crippen LogP contribution >= 0.6 is 11.6 Å². The lowest BCUT2D eigenvalue weighted by molar-refractivity contribution is 0.474. The Morgan fingerprint density at radius 3 is 2.91 bits per heavy atom. The lowest BCUT2D eigenvalue weighted by Crippen LogP contribution is -2.02. The maximum absolute atomic E-state index is 9.88. The van der Waals surface area contributed by atoms with Gasteiger partial charge in [-0.2, -0.15) is 10.2 Å². The van der Waals surface area contributed by atoms with Gasteiger partial charge in [0.2, 0.25) is 0 Å². The van der Waals surface area contributed by atoms with Crippen molar-refractivity contribution in [1.82, 2.24) is 10.2 Å². The summed E-state index contributed by atoms with van der Waals surface area (Å²) in [5.74, 6) is 0.676. The van der Waals surface area contributed by atoms with Crippen molar-refractivity contribution >= 4 is 33.9 Å². The summed E-state index contributed by atoms with van der Waals surface area (Å²) in [4.78, 5) is 0. The van der Waals surface area contributed by atoms with E-state index in [1.807, 2.05) is 24.3 Å². The summed E-state index contributed by atoms with van der Waals surface area (Å²) in [7, 11) is 0. The molecule has 1 aromatic heterocycles. The van der Waals surface area contributed by atoms with Gasteiger partial charge < -0.3 is 5.11 Å². The number of aromatic hydroxyl groups is 1. The highest BCUT2D eigenvalue weighted by atomic mass is 35.5. The van der Waals surface area contributed by atoms with Crippen molar-refractivity contribution < 1.29 is 5.11 Å². The minimum absolute atomic E-state index is 0.122. The van der Waals surface area contributed by atoms with Gasteiger partial charge in [0.05, 0.1) is 11.9 Å². The maximum Gasteiger partial charge on any atom is 0.176 e. The highest BCUT2D eigenvalue weighted by molar-refractivity contribution is 6.31. The number of hydrogen-bond donors (Lipinski definition) is 2. The predicted molar refractivity (Wildman–Crippen MR) is 88.5 cm³/mol. The van der Waals surface area contributed by atoms with E-state index in [1.54, 1.807) is 25.3 Å². The molecule has 0 amide bonds. The van der Waals surface area contributed by atoms with E-state index >= 15 is 0 Å². The molecule has 0 aliphatic carbocycles. The Morgan fingerprint density at radius 2 is 2.05 bits per heavy atom. The molecule has 3 aromatic rings. The van der Waals surface area contributed by atoms with Gasteiger partial charge in [-0.25, -0.2) is 0 Å². The lowest BCUT2D eigenvalue weighted by Gasteiger charge is -2.07. The van der Waals surface area contributed by atoms with Gasteiger partial charge in [0.25, 0.3) is 0 Å². The van der Waals surface area contributed by atoms with E-state index in [4.69, 9.17) is 11.6 Å². The zero-order chi connectivity index (χ0) is 15.5. The van der Waals surface area contributed by atoms with Crippen molar-refractivity contribution in [2.75, 3.05) is 5.43 Å². The Balaban J connectivity index is 1.94. The summed E-state index contributed by atoms with van der Waals surface area (Å²) >= 11 is 5.95. The van der Waals surface area contributed by atoms with Gasteiger partial charge >= 0.3 is 0 Å². The highest BCUT2D eigenvalue weighted by Crippen LogP contribution is 2.23. The third-order valence-electron chi connectivity index (χ3n) is 3.25. The Labute approximate surface area is 132 Å². The van der Waals surface area contributed by atoms with Crippen LogP contribution in [0.15, 0.2) is 53.8 Å². The average Bonchev–Trinajstić information content (AvgIpc) is 2.54. The maximum atomic E-state index is 9.88. The topological polar surface area (TPSA) is 70.4 Å². The molecule has 2 aromatic carbocycles. The molecule has 22 heavy (non-hydrogen) atoms. The summed E-state index contributed by atoms with van der Waals surface area (Å²) in [5, 5.41) is 24.6. The predicted octanol–water partition coefficient (Wildman–Crippen LogP) is 3.82. The van der Waals surface area contributed by atoms with Crippen molar-refractivity contribution in [2.45, 2.75) is 6.92 Å². The minimum Gasteiger partial charge on any atom is -0.507 e. The number of nitrogens with zero attached hydrogens (tertiary/aromatic N) is 3. The third-order valence-corrected chi connectivity index (χ3v) is 3.48. The molecular formula is C16H13ClN4O. The number of anilines is 1. The smallest absolute Gasteiger partial charge is 0.176 e. The molecule has 0 aliphatic rings. The third kappa shape index (κ3) is 2.84. The largest absolute Gasteiger partial charge is 0.507 e. The molecule has 2 N–H and O–H groups in total. The number of benzene rings is 2. The molecule has 0 atom stereocenters. The average molecular weight is 313 g/mol. The van der Waals surface area contributed by atoms with Crippen LogP contribution in [-0.4, -0.2) is 21.0 Å². The van der Waals surface area contributed by atoms with Gasteiger partial charge in [-0.3, -0.25) is 5.43 Å². The highest BCUT2D eigenvalue weighted by Gasteiger charge is 2.07. The van der Waals surface area contributed by atoms with E-state index in [0.717, 1.165) is 10.8 Å². The number of halogens is 1. The molecule has 0 unspecified atom stereocenters. The zero-order valence-electron chi connectivity index (χ0n) is 11.8. The van der Waals surface area contributed by atoms with Crippen LogP contribution in [0.25, 0.3) is 10.8 Å². The SMILES string of the molecule is CC(=NNc1nncc2ccccc12)c1cc(Cl)ccc1O. The first-order chi connectivity index (χ1) is 10.6. The molecule has 0 bridgehead atoms. The van der Waals surface area contributed by atoms with Crippen LogP contribution in [0, 0.1) is 0 Å². The molecule has 0 radical (unpaired) electrons. The normalized spacial score (nSPS) is 11.6. The molecular weight excluding hydrogens is 300 g/mol. The first-order valence-corrected chi connectivity index (χ1v) is 7.02. The van der Waals surface area contributed by atoms with E-state index in [1.165, 1.54) is 6.07 Å². The van der Waals surface area contributed by atoms with E-state index in [0.29, 0.717) is 22.1 Å². The molecule has 0 saturated carbocycles. The van der Waals surface area contributed by atoms with Gasteiger partial charge in [-0.05, 0) is 25.1 Å². The van der Waals surface area contributed by atoms with Crippen molar-refractivity contribution in [3.63, 3.8) is 0 Å². The van der Waals surface area contributed by atoms with Crippen LogP contribution in [0.3, 0.4) is 0 Å². The summed E-state index contributed by atoms with van der Waals surface area (Å²) in [6.45, 7) is 1.77. The number of phenolic OH excluding ortho intramolecular Hbond substituents is 1. The van der Waals surface area contributed by atoms with Crippen molar-refractivity contribution in [2.24, 2.45) is 5.10 Å². The fourth-order valence-electron chi connectivity index (χ4n) is 2.11. The Morgan fingerprint density at radius 1 is 1.23 bits per heavy atom. The van der Waals surface area contributed by atoms with Crippen LogP contribution in [0.5, 0.6) is 5.75 Å². The molecule has 0 spiro atoms. The Bertz CT molecular complexity index is 858. The Kier molecular flexibility index (Phi) is 3.89. The van der Waals surface area contributed by atoms with Crippen molar-refractivity contribution in [3.05, 3.63) is 59.2 Å². The summed E-state index contributed by atoms with van der Waals surface area (Å²) in [6.07, 6.45) is 1.69. The standard InChI is InChI=1S/C16H13ClN4O/c1-10(14-8-12(17)6-7-15(14)22)19-21-16-13-5-3-2-4-11(13)9-18-20-16/h2-9,22H,1H3,(H,20,21). The molecule has 5 nitrogen and oxygen atoms in total. The van der Waals surface area contributed by atoms with Crippen LogP contribution in [-0.2, 0) is 0 Å². The zero-order valence-corrected chi connectivity index (χ0v) is 12.5. The van der Waals surface area contributed by atoms with E-state index in [2.05, 4.69) is 20.7 Å². The van der Waals surface area contributed by atoms with Gasteiger partial charge in [-0.15, -0.1) is 5.10 Å². The van der Waals surface area contributed by atoms with Crippen molar-refractivity contribution in [1.29, 1.82) is 0 Å². The van der Waals surface area contributed by atoms with Crippen LogP contribution in [0.2, 0.25) is 5.02 Å². The molecule has 0 fully saturated rings. The van der Waals surface area contributed by atoms with Gasteiger partial charge in [-0.1, -0.05) is 35.9 Å². The number of hydrazone groups is 1. The number of rotatable bonds is 3. The minimum atomic E-state index is 0.122. The molecule has 1 heterocycles.